The minimum atomic E-state index is 0.622. The summed E-state index contributed by atoms with van der Waals surface area (Å²) in [5.74, 6) is 1.91. The summed E-state index contributed by atoms with van der Waals surface area (Å²) in [4.78, 5) is 2.53. The first-order valence-electron chi connectivity index (χ1n) is 6.66. The Hall–Kier alpha value is -0.940. The van der Waals surface area contributed by atoms with Gasteiger partial charge in [0.05, 0.1) is 12.2 Å². The maximum Gasteiger partial charge on any atom is 0.0967 e. The number of hydrogen-bond acceptors (Lipinski definition) is 4. The molecule has 1 saturated heterocycles. The molecule has 2 aliphatic rings. The van der Waals surface area contributed by atoms with Crippen molar-refractivity contribution in [2.75, 3.05) is 19.6 Å². The second-order valence-electron chi connectivity index (χ2n) is 5.41. The van der Waals surface area contributed by atoms with Gasteiger partial charge in [0, 0.05) is 32.4 Å². The molecular weight excluding hydrogens is 214 g/mol. The number of likely N-dealkylation sites (tertiary alicyclic amines) is 1. The van der Waals surface area contributed by atoms with Crippen LogP contribution in [0.3, 0.4) is 0 Å². The second-order valence-corrected chi connectivity index (χ2v) is 5.41. The van der Waals surface area contributed by atoms with Crippen molar-refractivity contribution in [3.63, 3.8) is 0 Å². The van der Waals surface area contributed by atoms with Crippen LogP contribution in [-0.4, -0.2) is 39.5 Å². The number of fused-ring (bicyclic) bond motifs is 1. The lowest BCUT2D eigenvalue weighted by molar-refractivity contribution is 0.300. The fourth-order valence-corrected chi connectivity index (χ4v) is 3.34. The van der Waals surface area contributed by atoms with Gasteiger partial charge >= 0.3 is 0 Å². The van der Waals surface area contributed by atoms with Gasteiger partial charge in [-0.25, -0.2) is 0 Å². The normalized spacial score (nSPS) is 28.8. The SMILES string of the molecule is NCCn1cc(CN2CC3CCCC3C2)nn1. The molecule has 0 amide bonds. The van der Waals surface area contributed by atoms with Crippen LogP contribution in [0.1, 0.15) is 25.0 Å². The van der Waals surface area contributed by atoms with Crippen LogP contribution < -0.4 is 5.73 Å². The van der Waals surface area contributed by atoms with Crippen LogP contribution >= 0.6 is 0 Å². The lowest BCUT2D eigenvalue weighted by atomic mass is 10.0. The Kier molecular flexibility index (Phi) is 3.11. The van der Waals surface area contributed by atoms with Gasteiger partial charge in [-0.15, -0.1) is 5.10 Å². The summed E-state index contributed by atoms with van der Waals surface area (Å²) in [5, 5.41) is 8.29. The highest BCUT2D eigenvalue weighted by atomic mass is 15.4. The number of aromatic nitrogens is 3. The van der Waals surface area contributed by atoms with E-state index in [-0.39, 0.29) is 0 Å². The molecule has 2 unspecified atom stereocenters. The quantitative estimate of drug-likeness (QED) is 0.824. The first kappa shape index (κ1) is 11.2. The Morgan fingerprint density at radius 1 is 1.29 bits per heavy atom. The van der Waals surface area contributed by atoms with E-state index in [1.165, 1.54) is 32.4 Å². The molecule has 0 aromatic carbocycles. The van der Waals surface area contributed by atoms with Gasteiger partial charge in [-0.05, 0) is 24.7 Å². The summed E-state index contributed by atoms with van der Waals surface area (Å²) in [6, 6.07) is 0. The van der Waals surface area contributed by atoms with E-state index in [0.717, 1.165) is 30.6 Å². The highest BCUT2D eigenvalue weighted by Crippen LogP contribution is 2.37. The summed E-state index contributed by atoms with van der Waals surface area (Å²) >= 11 is 0. The molecule has 2 atom stereocenters. The third kappa shape index (κ3) is 2.35. The van der Waals surface area contributed by atoms with E-state index >= 15 is 0 Å². The van der Waals surface area contributed by atoms with Gasteiger partial charge < -0.3 is 5.73 Å². The van der Waals surface area contributed by atoms with Crippen LogP contribution in [-0.2, 0) is 13.1 Å². The average Bonchev–Trinajstić information content (AvgIpc) is 2.95. The Morgan fingerprint density at radius 2 is 2.06 bits per heavy atom. The molecule has 0 spiro atoms. The van der Waals surface area contributed by atoms with Crippen molar-refractivity contribution in [2.45, 2.75) is 32.4 Å². The van der Waals surface area contributed by atoms with Gasteiger partial charge in [-0.2, -0.15) is 0 Å². The van der Waals surface area contributed by atoms with E-state index in [2.05, 4.69) is 15.2 Å². The molecule has 0 radical (unpaired) electrons. The van der Waals surface area contributed by atoms with Crippen LogP contribution in [0.4, 0.5) is 0 Å². The molecule has 1 aromatic heterocycles. The lowest BCUT2D eigenvalue weighted by Gasteiger charge is -2.14. The molecule has 3 rings (SSSR count). The Morgan fingerprint density at radius 3 is 2.76 bits per heavy atom. The summed E-state index contributed by atoms with van der Waals surface area (Å²) in [6.45, 7) is 4.86. The first-order valence-corrected chi connectivity index (χ1v) is 6.66. The van der Waals surface area contributed by atoms with E-state index in [1.54, 1.807) is 0 Å². The molecule has 1 aromatic rings. The van der Waals surface area contributed by atoms with Crippen molar-refractivity contribution >= 4 is 0 Å². The van der Waals surface area contributed by atoms with E-state index in [1.807, 2.05) is 10.9 Å². The predicted molar refractivity (Wildman–Crippen MR) is 65.2 cm³/mol. The maximum atomic E-state index is 5.50. The fourth-order valence-electron chi connectivity index (χ4n) is 3.34. The van der Waals surface area contributed by atoms with Crippen LogP contribution in [0.15, 0.2) is 6.20 Å². The lowest BCUT2D eigenvalue weighted by Crippen LogP contribution is -2.21. The summed E-state index contributed by atoms with van der Waals surface area (Å²) in [6.07, 6.45) is 6.33. The monoisotopic (exact) mass is 235 g/mol. The number of rotatable bonds is 4. The van der Waals surface area contributed by atoms with Gasteiger partial charge in [0.1, 0.15) is 0 Å². The molecule has 2 N–H and O–H groups in total. The third-order valence-corrected chi connectivity index (χ3v) is 4.13. The minimum Gasteiger partial charge on any atom is -0.329 e. The van der Waals surface area contributed by atoms with E-state index in [9.17, 15) is 0 Å². The van der Waals surface area contributed by atoms with Gasteiger partial charge in [-0.3, -0.25) is 9.58 Å². The van der Waals surface area contributed by atoms with Gasteiger partial charge in [0.25, 0.3) is 0 Å². The number of nitrogens with zero attached hydrogens (tertiary/aromatic N) is 4. The summed E-state index contributed by atoms with van der Waals surface area (Å²) < 4.78 is 1.84. The molecule has 5 heteroatoms. The van der Waals surface area contributed by atoms with Gasteiger partial charge in [0.2, 0.25) is 0 Å². The first-order chi connectivity index (χ1) is 8.35. The maximum absolute atomic E-state index is 5.50. The standard InChI is InChI=1S/C12H21N5/c13-4-5-17-9-12(14-15-17)8-16-6-10-2-1-3-11(10)7-16/h9-11H,1-8,13H2. The number of nitrogens with two attached hydrogens (primary N) is 1. The Balaban J connectivity index is 1.56. The predicted octanol–water partition coefficient (Wildman–Crippen LogP) is 0.469. The summed E-state index contributed by atoms with van der Waals surface area (Å²) in [7, 11) is 0. The van der Waals surface area contributed by atoms with Crippen molar-refractivity contribution in [2.24, 2.45) is 17.6 Å². The van der Waals surface area contributed by atoms with E-state index < -0.39 is 0 Å². The molecule has 1 aliphatic carbocycles. The molecule has 94 valence electrons. The molecule has 5 nitrogen and oxygen atoms in total. The fraction of sp³-hybridized carbons (Fsp3) is 0.833. The highest BCUT2D eigenvalue weighted by molar-refractivity contribution is 4.96. The number of hydrogen-bond donors (Lipinski definition) is 1. The van der Waals surface area contributed by atoms with E-state index in [0.29, 0.717) is 6.54 Å². The Labute approximate surface area is 102 Å². The topological polar surface area (TPSA) is 60.0 Å². The molecule has 1 saturated carbocycles. The average molecular weight is 235 g/mol. The highest BCUT2D eigenvalue weighted by Gasteiger charge is 2.35. The molecular formula is C12H21N5. The van der Waals surface area contributed by atoms with Gasteiger partial charge in [0.15, 0.2) is 0 Å². The molecule has 2 heterocycles. The molecule has 0 bridgehead atoms. The van der Waals surface area contributed by atoms with Crippen LogP contribution in [0.2, 0.25) is 0 Å². The van der Waals surface area contributed by atoms with Gasteiger partial charge in [-0.1, -0.05) is 11.6 Å². The van der Waals surface area contributed by atoms with Crippen molar-refractivity contribution < 1.29 is 0 Å². The van der Waals surface area contributed by atoms with Crippen molar-refractivity contribution in [1.82, 2.24) is 19.9 Å². The zero-order chi connectivity index (χ0) is 11.7. The van der Waals surface area contributed by atoms with Crippen LogP contribution in [0.5, 0.6) is 0 Å². The van der Waals surface area contributed by atoms with Crippen LogP contribution in [0, 0.1) is 11.8 Å². The molecule has 2 fully saturated rings. The minimum absolute atomic E-state index is 0.622. The van der Waals surface area contributed by atoms with Crippen molar-refractivity contribution in [3.05, 3.63) is 11.9 Å². The van der Waals surface area contributed by atoms with E-state index in [4.69, 9.17) is 5.73 Å². The zero-order valence-corrected chi connectivity index (χ0v) is 10.3. The zero-order valence-electron chi connectivity index (χ0n) is 10.3. The Bertz CT molecular complexity index is 363. The summed E-state index contributed by atoms with van der Waals surface area (Å²) in [5.41, 5.74) is 6.58. The van der Waals surface area contributed by atoms with Crippen molar-refractivity contribution in [3.8, 4) is 0 Å². The largest absolute Gasteiger partial charge is 0.329 e. The molecule has 17 heavy (non-hydrogen) atoms. The third-order valence-electron chi connectivity index (χ3n) is 4.13. The smallest absolute Gasteiger partial charge is 0.0967 e. The van der Waals surface area contributed by atoms with Crippen LogP contribution in [0.25, 0.3) is 0 Å². The van der Waals surface area contributed by atoms with Crippen molar-refractivity contribution in [1.29, 1.82) is 0 Å². The molecule has 1 aliphatic heterocycles. The second kappa shape index (κ2) is 4.74.